The highest BCUT2D eigenvalue weighted by Gasteiger charge is 2.33. The summed E-state index contributed by atoms with van der Waals surface area (Å²) in [5.41, 5.74) is 13.4. The molecule has 94 valence electrons. The van der Waals surface area contributed by atoms with Crippen LogP contribution in [-0.2, 0) is 0 Å². The molecule has 0 saturated carbocycles. The lowest BCUT2D eigenvalue weighted by Crippen LogP contribution is -2.30. The van der Waals surface area contributed by atoms with E-state index in [1.165, 1.54) is 0 Å². The van der Waals surface area contributed by atoms with Crippen LogP contribution < -0.4 is 21.3 Å². The highest BCUT2D eigenvalue weighted by Crippen LogP contribution is 2.32. The fourth-order valence-electron chi connectivity index (χ4n) is 2.27. The van der Waals surface area contributed by atoms with Crippen molar-refractivity contribution in [2.24, 2.45) is 11.7 Å². The SMILES string of the molecule is COc1ccc(C2NNC(C)C2CN)cc1Cl. The predicted molar refractivity (Wildman–Crippen MR) is 69.0 cm³/mol. The Balaban J connectivity index is 2.25. The number of nitrogens with two attached hydrogens (primary N) is 1. The number of halogens is 1. The number of ether oxygens (including phenoxy) is 1. The number of hydrogen-bond acceptors (Lipinski definition) is 4. The molecule has 1 aromatic rings. The van der Waals surface area contributed by atoms with Gasteiger partial charge in [-0.3, -0.25) is 5.43 Å². The molecule has 1 fully saturated rings. The van der Waals surface area contributed by atoms with Gasteiger partial charge >= 0.3 is 0 Å². The fourth-order valence-corrected chi connectivity index (χ4v) is 2.54. The van der Waals surface area contributed by atoms with E-state index in [0.717, 1.165) is 5.56 Å². The molecular formula is C12H18ClN3O. The molecule has 2 rings (SSSR count). The Morgan fingerprint density at radius 2 is 2.18 bits per heavy atom. The minimum atomic E-state index is 0.193. The van der Waals surface area contributed by atoms with Crippen molar-refractivity contribution >= 4 is 11.6 Å². The van der Waals surface area contributed by atoms with E-state index in [1.54, 1.807) is 7.11 Å². The summed E-state index contributed by atoms with van der Waals surface area (Å²) in [7, 11) is 1.61. The molecule has 1 aromatic carbocycles. The summed E-state index contributed by atoms with van der Waals surface area (Å²) in [6.07, 6.45) is 0. The smallest absolute Gasteiger partial charge is 0.137 e. The number of nitrogens with one attached hydrogen (secondary N) is 2. The van der Waals surface area contributed by atoms with Gasteiger partial charge in [-0.2, -0.15) is 0 Å². The summed E-state index contributed by atoms with van der Waals surface area (Å²) in [6, 6.07) is 6.38. The monoisotopic (exact) mass is 255 g/mol. The van der Waals surface area contributed by atoms with Gasteiger partial charge in [-0.05, 0) is 31.2 Å². The zero-order valence-corrected chi connectivity index (χ0v) is 10.8. The highest BCUT2D eigenvalue weighted by molar-refractivity contribution is 6.32. The lowest BCUT2D eigenvalue weighted by atomic mass is 9.90. The maximum absolute atomic E-state index is 6.13. The van der Waals surface area contributed by atoms with Crippen LogP contribution in [0, 0.1) is 5.92 Å². The van der Waals surface area contributed by atoms with Crippen molar-refractivity contribution in [1.82, 2.24) is 10.9 Å². The summed E-state index contributed by atoms with van der Waals surface area (Å²) in [4.78, 5) is 0. The summed E-state index contributed by atoms with van der Waals surface area (Å²) in [5, 5.41) is 0.627. The van der Waals surface area contributed by atoms with Crippen molar-refractivity contribution in [3.8, 4) is 5.75 Å². The van der Waals surface area contributed by atoms with Crippen LogP contribution in [0.2, 0.25) is 5.02 Å². The molecule has 1 aliphatic rings. The van der Waals surface area contributed by atoms with Crippen LogP contribution in [0.1, 0.15) is 18.5 Å². The molecule has 1 saturated heterocycles. The zero-order valence-electron chi connectivity index (χ0n) is 10.0. The summed E-state index contributed by atoms with van der Waals surface area (Å²) in [6.45, 7) is 2.76. The van der Waals surface area contributed by atoms with Gasteiger partial charge in [-0.25, -0.2) is 5.43 Å². The van der Waals surface area contributed by atoms with Gasteiger partial charge in [0.2, 0.25) is 0 Å². The molecule has 0 amide bonds. The third-order valence-corrected chi connectivity index (χ3v) is 3.64. The van der Waals surface area contributed by atoms with E-state index in [-0.39, 0.29) is 6.04 Å². The third kappa shape index (κ3) is 2.40. The molecular weight excluding hydrogens is 238 g/mol. The quantitative estimate of drug-likeness (QED) is 0.766. The Hall–Kier alpha value is -0.810. The first kappa shape index (κ1) is 12.6. The Bertz CT molecular complexity index is 399. The standard InChI is InChI=1S/C12H18ClN3O/c1-7-9(6-14)12(16-15-7)8-3-4-11(17-2)10(13)5-8/h3-5,7,9,12,15-16H,6,14H2,1-2H3. The number of methoxy groups -OCH3 is 1. The molecule has 17 heavy (non-hydrogen) atoms. The molecule has 3 unspecified atom stereocenters. The summed E-state index contributed by atoms with van der Waals surface area (Å²) < 4.78 is 5.14. The number of rotatable bonds is 3. The van der Waals surface area contributed by atoms with E-state index in [0.29, 0.717) is 29.3 Å². The van der Waals surface area contributed by atoms with Crippen molar-refractivity contribution in [2.75, 3.05) is 13.7 Å². The van der Waals surface area contributed by atoms with Crippen molar-refractivity contribution < 1.29 is 4.74 Å². The maximum Gasteiger partial charge on any atom is 0.137 e. The van der Waals surface area contributed by atoms with Gasteiger partial charge in [0, 0.05) is 12.0 Å². The number of benzene rings is 1. The third-order valence-electron chi connectivity index (χ3n) is 3.34. The lowest BCUT2D eigenvalue weighted by molar-refractivity contribution is 0.413. The molecule has 4 N–H and O–H groups in total. The predicted octanol–water partition coefficient (Wildman–Crippen LogP) is 1.46. The second-order valence-corrected chi connectivity index (χ2v) is 4.76. The Kier molecular flexibility index (Phi) is 3.89. The first-order valence-electron chi connectivity index (χ1n) is 5.72. The molecule has 4 nitrogen and oxygen atoms in total. The van der Waals surface area contributed by atoms with Gasteiger partial charge in [0.25, 0.3) is 0 Å². The van der Waals surface area contributed by atoms with Crippen molar-refractivity contribution in [2.45, 2.75) is 19.0 Å². The Morgan fingerprint density at radius 1 is 1.41 bits per heavy atom. The minimum Gasteiger partial charge on any atom is -0.495 e. The van der Waals surface area contributed by atoms with Gasteiger partial charge < -0.3 is 10.5 Å². The molecule has 0 bridgehead atoms. The van der Waals surface area contributed by atoms with Crippen LogP contribution >= 0.6 is 11.6 Å². The molecule has 1 heterocycles. The average Bonchev–Trinajstić information content (AvgIpc) is 2.70. The number of hydrazine groups is 1. The molecule has 0 aromatic heterocycles. The van der Waals surface area contributed by atoms with Crippen LogP contribution in [0.3, 0.4) is 0 Å². The topological polar surface area (TPSA) is 59.3 Å². The fraction of sp³-hybridized carbons (Fsp3) is 0.500. The average molecular weight is 256 g/mol. The van der Waals surface area contributed by atoms with Gasteiger partial charge in [0.15, 0.2) is 0 Å². The maximum atomic E-state index is 6.13. The molecule has 1 aliphatic heterocycles. The molecule has 0 aliphatic carbocycles. The normalized spacial score (nSPS) is 28.4. The van der Waals surface area contributed by atoms with Gasteiger partial charge in [-0.1, -0.05) is 17.7 Å². The molecule has 0 spiro atoms. The van der Waals surface area contributed by atoms with Gasteiger partial charge in [-0.15, -0.1) is 0 Å². The van der Waals surface area contributed by atoms with Crippen LogP contribution in [0.15, 0.2) is 18.2 Å². The van der Waals surface area contributed by atoms with E-state index in [2.05, 4.69) is 17.8 Å². The second kappa shape index (κ2) is 5.23. The van der Waals surface area contributed by atoms with Crippen LogP contribution in [0.25, 0.3) is 0 Å². The highest BCUT2D eigenvalue weighted by atomic mass is 35.5. The van der Waals surface area contributed by atoms with Crippen LogP contribution in [0.5, 0.6) is 5.75 Å². The van der Waals surface area contributed by atoms with Crippen molar-refractivity contribution in [1.29, 1.82) is 0 Å². The Morgan fingerprint density at radius 3 is 2.76 bits per heavy atom. The van der Waals surface area contributed by atoms with E-state index >= 15 is 0 Å². The lowest BCUT2D eigenvalue weighted by Gasteiger charge is -2.20. The summed E-state index contributed by atoms with van der Waals surface area (Å²) in [5.74, 6) is 1.05. The van der Waals surface area contributed by atoms with Crippen molar-refractivity contribution in [3.63, 3.8) is 0 Å². The van der Waals surface area contributed by atoms with E-state index in [1.807, 2.05) is 18.2 Å². The number of hydrogen-bond donors (Lipinski definition) is 3. The molecule has 5 heteroatoms. The van der Waals surface area contributed by atoms with E-state index in [9.17, 15) is 0 Å². The zero-order chi connectivity index (χ0) is 12.4. The second-order valence-electron chi connectivity index (χ2n) is 4.35. The summed E-state index contributed by atoms with van der Waals surface area (Å²) >= 11 is 6.13. The Labute approximate surface area is 106 Å². The molecule has 0 radical (unpaired) electrons. The van der Waals surface area contributed by atoms with Gasteiger partial charge in [0.05, 0.1) is 18.2 Å². The van der Waals surface area contributed by atoms with Crippen molar-refractivity contribution in [3.05, 3.63) is 28.8 Å². The van der Waals surface area contributed by atoms with E-state index < -0.39 is 0 Å². The first-order chi connectivity index (χ1) is 8.17. The molecule has 3 atom stereocenters. The van der Waals surface area contributed by atoms with E-state index in [4.69, 9.17) is 22.1 Å². The minimum absolute atomic E-state index is 0.193. The largest absolute Gasteiger partial charge is 0.495 e. The van der Waals surface area contributed by atoms with Crippen LogP contribution in [-0.4, -0.2) is 19.7 Å². The first-order valence-corrected chi connectivity index (χ1v) is 6.09. The van der Waals surface area contributed by atoms with Crippen LogP contribution in [0.4, 0.5) is 0 Å². The van der Waals surface area contributed by atoms with Gasteiger partial charge in [0.1, 0.15) is 5.75 Å².